The van der Waals surface area contributed by atoms with E-state index in [4.69, 9.17) is 0 Å². The normalized spacial score (nSPS) is 10.7. The maximum absolute atomic E-state index is 4.23. The largest absolute Gasteiger partial charge is 0.260 e. The number of pyridine rings is 1. The molecule has 1 nitrogen and oxygen atoms in total. The molecular weight excluding hydrogens is 154 g/mol. The lowest BCUT2D eigenvalue weighted by atomic mass is 10.2. The number of thiophene rings is 1. The van der Waals surface area contributed by atoms with Crippen LogP contribution in [-0.4, -0.2) is 4.98 Å². The molecule has 0 aromatic carbocycles. The molecule has 2 heterocycles. The van der Waals surface area contributed by atoms with Gasteiger partial charge in [-0.2, -0.15) is 0 Å². The van der Waals surface area contributed by atoms with E-state index in [1.165, 1.54) is 15.6 Å². The van der Waals surface area contributed by atoms with Crippen LogP contribution in [0.5, 0.6) is 0 Å². The molecule has 0 fully saturated rings. The van der Waals surface area contributed by atoms with Gasteiger partial charge in [0.15, 0.2) is 0 Å². The number of aryl methyl sites for hydroxylation is 2. The molecule has 0 saturated heterocycles. The molecule has 0 atom stereocenters. The van der Waals surface area contributed by atoms with Gasteiger partial charge in [-0.25, -0.2) is 0 Å². The highest BCUT2D eigenvalue weighted by Gasteiger charge is 2.01. The Balaban J connectivity index is 2.94. The molecule has 0 amide bonds. The summed E-state index contributed by atoms with van der Waals surface area (Å²) in [5, 5.41) is 3.53. The van der Waals surface area contributed by atoms with Crippen molar-refractivity contribution >= 4 is 21.4 Å². The van der Waals surface area contributed by atoms with Gasteiger partial charge in [-0.3, -0.25) is 4.98 Å². The lowest BCUT2D eigenvalue weighted by Gasteiger charge is -1.93. The lowest BCUT2D eigenvalue weighted by molar-refractivity contribution is 1.24. The summed E-state index contributed by atoms with van der Waals surface area (Å²) in [6, 6.07) is 2.08. The van der Waals surface area contributed by atoms with Gasteiger partial charge in [-0.15, -0.1) is 11.3 Å². The Hall–Kier alpha value is -0.890. The monoisotopic (exact) mass is 163 g/mol. The van der Waals surface area contributed by atoms with Crippen molar-refractivity contribution in [1.82, 2.24) is 4.98 Å². The second kappa shape index (κ2) is 2.31. The summed E-state index contributed by atoms with van der Waals surface area (Å²) in [5.74, 6) is 0. The van der Waals surface area contributed by atoms with Crippen LogP contribution in [0.25, 0.3) is 10.1 Å². The number of nitrogens with zero attached hydrogens (tertiary/aromatic N) is 1. The third-order valence-electron chi connectivity index (χ3n) is 1.86. The highest BCUT2D eigenvalue weighted by Crippen LogP contribution is 2.26. The predicted molar refractivity (Wildman–Crippen MR) is 49.1 cm³/mol. The molecule has 0 spiro atoms. The van der Waals surface area contributed by atoms with Gasteiger partial charge >= 0.3 is 0 Å². The van der Waals surface area contributed by atoms with Gasteiger partial charge in [-0.05, 0) is 36.2 Å². The topological polar surface area (TPSA) is 12.9 Å². The molecule has 0 radical (unpaired) electrons. The van der Waals surface area contributed by atoms with Crippen LogP contribution in [0.1, 0.15) is 11.3 Å². The first-order chi connectivity index (χ1) is 5.29. The highest BCUT2D eigenvalue weighted by molar-refractivity contribution is 7.17. The van der Waals surface area contributed by atoms with Gasteiger partial charge in [0.25, 0.3) is 0 Å². The first-order valence-corrected chi connectivity index (χ1v) is 4.46. The van der Waals surface area contributed by atoms with Crippen molar-refractivity contribution in [3.63, 3.8) is 0 Å². The molecule has 2 aromatic rings. The molecule has 0 aliphatic rings. The molecule has 2 aromatic heterocycles. The minimum absolute atomic E-state index is 1.14. The van der Waals surface area contributed by atoms with Crippen LogP contribution in [0.15, 0.2) is 17.6 Å². The molecule has 0 N–H and O–H groups in total. The summed E-state index contributed by atoms with van der Waals surface area (Å²) in [7, 11) is 0. The molecule has 2 heteroatoms. The van der Waals surface area contributed by atoms with Gasteiger partial charge < -0.3 is 0 Å². The minimum Gasteiger partial charge on any atom is -0.260 e. The van der Waals surface area contributed by atoms with Crippen molar-refractivity contribution in [3.8, 4) is 0 Å². The summed E-state index contributed by atoms with van der Waals surface area (Å²) >= 11 is 1.78. The van der Waals surface area contributed by atoms with E-state index >= 15 is 0 Å². The Morgan fingerprint density at radius 1 is 1.36 bits per heavy atom. The minimum atomic E-state index is 1.14. The maximum Gasteiger partial charge on any atom is 0.0558 e. The summed E-state index contributed by atoms with van der Waals surface area (Å²) in [6.07, 6.45) is 1.87. The molecule has 0 unspecified atom stereocenters. The van der Waals surface area contributed by atoms with E-state index in [9.17, 15) is 0 Å². The fourth-order valence-electron chi connectivity index (χ4n) is 1.22. The molecule has 0 aliphatic carbocycles. The quantitative estimate of drug-likeness (QED) is 0.582. The molecule has 0 bridgehead atoms. The Bertz CT molecular complexity index is 389. The Kier molecular flexibility index (Phi) is 1.43. The van der Waals surface area contributed by atoms with Crippen LogP contribution in [-0.2, 0) is 0 Å². The zero-order valence-electron chi connectivity index (χ0n) is 6.59. The van der Waals surface area contributed by atoms with Crippen molar-refractivity contribution in [3.05, 3.63) is 28.9 Å². The van der Waals surface area contributed by atoms with E-state index < -0.39 is 0 Å². The summed E-state index contributed by atoms with van der Waals surface area (Å²) in [6.45, 7) is 4.19. The Morgan fingerprint density at radius 2 is 2.18 bits per heavy atom. The van der Waals surface area contributed by atoms with Crippen LogP contribution >= 0.6 is 11.3 Å². The molecule has 2 rings (SSSR count). The van der Waals surface area contributed by atoms with Gasteiger partial charge in [0.1, 0.15) is 0 Å². The van der Waals surface area contributed by atoms with Crippen molar-refractivity contribution in [1.29, 1.82) is 0 Å². The number of fused-ring (bicyclic) bond motifs is 1. The van der Waals surface area contributed by atoms with E-state index in [1.807, 2.05) is 6.20 Å². The first-order valence-electron chi connectivity index (χ1n) is 3.58. The van der Waals surface area contributed by atoms with E-state index in [0.29, 0.717) is 0 Å². The van der Waals surface area contributed by atoms with Gasteiger partial charge in [0, 0.05) is 6.20 Å². The van der Waals surface area contributed by atoms with E-state index in [2.05, 4.69) is 30.3 Å². The average molecular weight is 163 g/mol. The zero-order valence-corrected chi connectivity index (χ0v) is 7.40. The highest BCUT2D eigenvalue weighted by atomic mass is 32.1. The average Bonchev–Trinajstić information content (AvgIpc) is 2.35. The third-order valence-corrected chi connectivity index (χ3v) is 3.08. The van der Waals surface area contributed by atoms with E-state index in [0.717, 1.165) is 5.69 Å². The van der Waals surface area contributed by atoms with Crippen LogP contribution in [0.2, 0.25) is 0 Å². The molecule has 11 heavy (non-hydrogen) atoms. The number of hydrogen-bond donors (Lipinski definition) is 0. The number of rotatable bonds is 0. The smallest absolute Gasteiger partial charge is 0.0558 e. The standard InChI is InChI=1S/C9H9NS/c1-6-5-11-9-7(2)10-4-3-8(6)9/h3-5H,1-2H3. The number of aromatic nitrogens is 1. The molecule has 0 aliphatic heterocycles. The van der Waals surface area contributed by atoms with Crippen molar-refractivity contribution in [2.75, 3.05) is 0 Å². The predicted octanol–water partition coefficient (Wildman–Crippen LogP) is 2.91. The van der Waals surface area contributed by atoms with E-state index in [1.54, 1.807) is 11.3 Å². The summed E-state index contributed by atoms with van der Waals surface area (Å²) in [4.78, 5) is 4.23. The van der Waals surface area contributed by atoms with Gasteiger partial charge in [-0.1, -0.05) is 0 Å². The van der Waals surface area contributed by atoms with Crippen molar-refractivity contribution < 1.29 is 0 Å². The van der Waals surface area contributed by atoms with Crippen molar-refractivity contribution in [2.45, 2.75) is 13.8 Å². The second-order valence-corrected chi connectivity index (χ2v) is 3.57. The molecule has 56 valence electrons. The third kappa shape index (κ3) is 0.942. The Morgan fingerprint density at radius 3 is 2.91 bits per heavy atom. The van der Waals surface area contributed by atoms with Gasteiger partial charge in [0.05, 0.1) is 10.4 Å². The van der Waals surface area contributed by atoms with E-state index in [-0.39, 0.29) is 0 Å². The lowest BCUT2D eigenvalue weighted by Crippen LogP contribution is -1.77. The number of hydrogen-bond acceptors (Lipinski definition) is 2. The van der Waals surface area contributed by atoms with Crippen LogP contribution in [0, 0.1) is 13.8 Å². The fourth-order valence-corrected chi connectivity index (χ4v) is 2.22. The fraction of sp³-hybridized carbons (Fsp3) is 0.222. The van der Waals surface area contributed by atoms with Gasteiger partial charge in [0.2, 0.25) is 0 Å². The Labute approximate surface area is 69.7 Å². The van der Waals surface area contributed by atoms with Crippen LogP contribution in [0.4, 0.5) is 0 Å². The second-order valence-electron chi connectivity index (χ2n) is 2.69. The molecule has 0 saturated carbocycles. The van der Waals surface area contributed by atoms with Crippen LogP contribution in [0.3, 0.4) is 0 Å². The SMILES string of the molecule is Cc1csc2c(C)nccc12. The summed E-state index contributed by atoms with van der Waals surface area (Å²) in [5.41, 5.74) is 2.50. The van der Waals surface area contributed by atoms with Crippen molar-refractivity contribution in [2.24, 2.45) is 0 Å². The zero-order chi connectivity index (χ0) is 7.84. The first kappa shape index (κ1) is 6.80. The molecular formula is C9H9NS. The summed E-state index contributed by atoms with van der Waals surface area (Å²) < 4.78 is 1.32. The van der Waals surface area contributed by atoms with Crippen LogP contribution < -0.4 is 0 Å². The maximum atomic E-state index is 4.23.